The number of nitrogens with one attached hydrogen (secondary N) is 3. The number of likely N-dealkylation sites (N-methyl/N-ethyl adjacent to an activating group) is 1. The van der Waals surface area contributed by atoms with Crippen LogP contribution >= 0.6 is 0 Å². The molecule has 0 aliphatic carbocycles. The number of carbonyl (C=O) groups is 2. The standard InChI is InChI=1S/C32H36N4O5/c1-5-40-29(27-9-7-6-8-22(27)3)20-41-32(39)35-26-12-10-21(2)24(16-26)19-36(4)30(37)18-34-25-13-11-23-14-15-33-31(38)28(23)17-25/h6-17,29,34H,5,18-20H2,1-4H3,(H,33,38)(H,35,39)/t29-/m0/s1. The zero-order valence-electron chi connectivity index (χ0n) is 23.8. The Bertz CT molecular complexity index is 1580. The Kier molecular flexibility index (Phi) is 9.76. The van der Waals surface area contributed by atoms with E-state index in [1.54, 1.807) is 30.3 Å². The average Bonchev–Trinajstić information content (AvgIpc) is 2.96. The molecular weight excluding hydrogens is 520 g/mol. The molecule has 0 saturated heterocycles. The molecule has 1 aromatic heterocycles. The van der Waals surface area contributed by atoms with Crippen molar-refractivity contribution in [3.63, 3.8) is 0 Å². The molecule has 0 aliphatic heterocycles. The third-order valence-electron chi connectivity index (χ3n) is 6.92. The summed E-state index contributed by atoms with van der Waals surface area (Å²) >= 11 is 0. The van der Waals surface area contributed by atoms with Crippen molar-refractivity contribution >= 4 is 34.1 Å². The van der Waals surface area contributed by atoms with Gasteiger partial charge < -0.3 is 24.7 Å². The van der Waals surface area contributed by atoms with Crippen LogP contribution in [0.2, 0.25) is 0 Å². The van der Waals surface area contributed by atoms with Crippen molar-refractivity contribution in [2.45, 2.75) is 33.4 Å². The molecule has 0 spiro atoms. The fourth-order valence-electron chi connectivity index (χ4n) is 4.55. The van der Waals surface area contributed by atoms with E-state index in [4.69, 9.17) is 9.47 Å². The Morgan fingerprint density at radius 3 is 2.54 bits per heavy atom. The number of benzene rings is 3. The van der Waals surface area contributed by atoms with Crippen molar-refractivity contribution in [2.75, 3.05) is 37.4 Å². The van der Waals surface area contributed by atoms with E-state index in [1.807, 2.05) is 75.4 Å². The predicted molar refractivity (Wildman–Crippen MR) is 161 cm³/mol. The lowest BCUT2D eigenvalue weighted by Crippen LogP contribution is -2.32. The molecular formula is C32H36N4O5. The first-order valence-corrected chi connectivity index (χ1v) is 13.5. The Labute approximate surface area is 239 Å². The van der Waals surface area contributed by atoms with Gasteiger partial charge in [0.15, 0.2) is 0 Å². The minimum Gasteiger partial charge on any atom is -0.446 e. The van der Waals surface area contributed by atoms with Crippen LogP contribution in [0.25, 0.3) is 10.8 Å². The lowest BCUT2D eigenvalue weighted by Gasteiger charge is -2.21. The predicted octanol–water partition coefficient (Wildman–Crippen LogP) is 5.54. The summed E-state index contributed by atoms with van der Waals surface area (Å²) in [5.74, 6) is -0.123. The van der Waals surface area contributed by atoms with E-state index in [9.17, 15) is 14.4 Å². The zero-order chi connectivity index (χ0) is 29.4. The summed E-state index contributed by atoms with van der Waals surface area (Å²) < 4.78 is 11.3. The van der Waals surface area contributed by atoms with Crippen LogP contribution in [-0.4, -0.2) is 48.7 Å². The molecule has 4 rings (SSSR count). The Morgan fingerprint density at radius 1 is 0.976 bits per heavy atom. The molecule has 1 heterocycles. The van der Waals surface area contributed by atoms with Gasteiger partial charge in [0, 0.05) is 43.2 Å². The van der Waals surface area contributed by atoms with Crippen molar-refractivity contribution in [1.29, 1.82) is 0 Å². The molecule has 41 heavy (non-hydrogen) atoms. The van der Waals surface area contributed by atoms with Crippen molar-refractivity contribution in [1.82, 2.24) is 9.88 Å². The van der Waals surface area contributed by atoms with Gasteiger partial charge in [0.05, 0.1) is 6.54 Å². The largest absolute Gasteiger partial charge is 0.446 e. The molecule has 3 N–H and O–H groups in total. The highest BCUT2D eigenvalue weighted by atomic mass is 16.6. The molecule has 9 nitrogen and oxygen atoms in total. The number of aromatic nitrogens is 1. The molecule has 0 fully saturated rings. The lowest BCUT2D eigenvalue weighted by atomic mass is 10.0. The van der Waals surface area contributed by atoms with Gasteiger partial charge in [0.2, 0.25) is 5.91 Å². The minimum atomic E-state index is -0.582. The van der Waals surface area contributed by atoms with Crippen molar-refractivity contribution in [3.8, 4) is 0 Å². The Balaban J connectivity index is 1.32. The molecule has 9 heteroatoms. The van der Waals surface area contributed by atoms with Crippen LogP contribution in [0.3, 0.4) is 0 Å². The van der Waals surface area contributed by atoms with Crippen molar-refractivity contribution < 1.29 is 19.1 Å². The number of anilines is 2. The highest BCUT2D eigenvalue weighted by Gasteiger charge is 2.17. The molecule has 4 aromatic rings. The second-order valence-corrected chi connectivity index (χ2v) is 9.88. The van der Waals surface area contributed by atoms with Gasteiger partial charge in [-0.1, -0.05) is 36.4 Å². The van der Waals surface area contributed by atoms with Crippen molar-refractivity contribution in [2.24, 2.45) is 0 Å². The summed E-state index contributed by atoms with van der Waals surface area (Å²) in [4.78, 5) is 41.8. The molecule has 1 atom stereocenters. The number of rotatable bonds is 11. The normalized spacial score (nSPS) is 11.6. The van der Waals surface area contributed by atoms with E-state index in [1.165, 1.54) is 0 Å². The maximum Gasteiger partial charge on any atom is 0.411 e. The smallest absolute Gasteiger partial charge is 0.411 e. The number of amides is 2. The van der Waals surface area contributed by atoms with Gasteiger partial charge in [-0.2, -0.15) is 0 Å². The summed E-state index contributed by atoms with van der Waals surface area (Å²) in [5.41, 5.74) is 5.01. The fraction of sp³-hybridized carbons (Fsp3) is 0.281. The third-order valence-corrected chi connectivity index (χ3v) is 6.92. The first-order valence-electron chi connectivity index (χ1n) is 13.5. The fourth-order valence-corrected chi connectivity index (χ4v) is 4.55. The monoisotopic (exact) mass is 556 g/mol. The van der Waals surface area contributed by atoms with Crippen LogP contribution < -0.4 is 16.2 Å². The maximum atomic E-state index is 12.9. The Hall–Kier alpha value is -4.63. The number of nitrogens with zero attached hydrogens (tertiary/aromatic N) is 1. The van der Waals surface area contributed by atoms with Crippen LogP contribution in [0, 0.1) is 13.8 Å². The van der Waals surface area contributed by atoms with Gasteiger partial charge in [-0.3, -0.25) is 14.9 Å². The highest BCUT2D eigenvalue weighted by Crippen LogP contribution is 2.22. The minimum absolute atomic E-state index is 0.0674. The van der Waals surface area contributed by atoms with Gasteiger partial charge >= 0.3 is 6.09 Å². The summed E-state index contributed by atoms with van der Waals surface area (Å²) in [6.07, 6.45) is 0.668. The van der Waals surface area contributed by atoms with Crippen LogP contribution in [0.1, 0.15) is 35.3 Å². The number of pyridine rings is 1. The van der Waals surface area contributed by atoms with E-state index in [0.717, 1.165) is 27.6 Å². The quantitative estimate of drug-likeness (QED) is 0.224. The second kappa shape index (κ2) is 13.6. The van der Waals surface area contributed by atoms with E-state index < -0.39 is 6.09 Å². The Morgan fingerprint density at radius 2 is 1.76 bits per heavy atom. The number of carbonyl (C=O) groups excluding carboxylic acids is 2. The summed E-state index contributed by atoms with van der Waals surface area (Å²) in [6, 6.07) is 20.6. The van der Waals surface area contributed by atoms with Gasteiger partial charge in [-0.15, -0.1) is 0 Å². The SMILES string of the molecule is CCO[C@@H](COC(=O)Nc1ccc(C)c(CN(C)C(=O)CNc2ccc3cc[nH]c(=O)c3c2)c1)c1ccccc1C. The summed E-state index contributed by atoms with van der Waals surface area (Å²) in [7, 11) is 1.72. The number of aryl methyl sites for hydroxylation is 2. The summed E-state index contributed by atoms with van der Waals surface area (Å²) in [6.45, 7) is 6.86. The maximum absolute atomic E-state index is 12.9. The number of ether oxygens (including phenoxy) is 2. The van der Waals surface area contributed by atoms with Crippen LogP contribution in [0.15, 0.2) is 77.7 Å². The molecule has 0 aliphatic rings. The molecule has 0 saturated carbocycles. The van der Waals surface area contributed by atoms with Gasteiger partial charge in [0.1, 0.15) is 12.7 Å². The number of H-pyrrole nitrogens is 1. The summed E-state index contributed by atoms with van der Waals surface area (Å²) in [5, 5.41) is 7.27. The number of aromatic amines is 1. The molecule has 214 valence electrons. The molecule has 0 unspecified atom stereocenters. The first-order chi connectivity index (χ1) is 19.7. The van der Waals surface area contributed by atoms with Crippen LogP contribution in [0.5, 0.6) is 0 Å². The number of fused-ring (bicyclic) bond motifs is 1. The lowest BCUT2D eigenvalue weighted by molar-refractivity contribution is -0.128. The van der Waals surface area contributed by atoms with Gasteiger partial charge in [0.25, 0.3) is 5.56 Å². The molecule has 0 radical (unpaired) electrons. The second-order valence-electron chi connectivity index (χ2n) is 9.88. The number of hydrogen-bond acceptors (Lipinski definition) is 6. The van der Waals surface area contributed by atoms with Gasteiger partial charge in [-0.05, 0) is 78.7 Å². The van der Waals surface area contributed by atoms with Crippen molar-refractivity contribution in [3.05, 3.63) is 106 Å². The van der Waals surface area contributed by atoms with E-state index >= 15 is 0 Å². The first kappa shape index (κ1) is 29.4. The number of hydrogen-bond donors (Lipinski definition) is 3. The van der Waals surface area contributed by atoms with E-state index in [2.05, 4.69) is 15.6 Å². The zero-order valence-corrected chi connectivity index (χ0v) is 23.8. The van der Waals surface area contributed by atoms with Gasteiger partial charge in [-0.25, -0.2) is 4.79 Å². The highest BCUT2D eigenvalue weighted by molar-refractivity contribution is 5.87. The average molecular weight is 557 g/mol. The van der Waals surface area contributed by atoms with E-state index in [0.29, 0.717) is 29.9 Å². The molecule has 2 amide bonds. The van der Waals surface area contributed by atoms with Crippen LogP contribution in [-0.2, 0) is 20.8 Å². The third kappa shape index (κ3) is 7.73. The molecule has 3 aromatic carbocycles. The molecule has 0 bridgehead atoms. The van der Waals surface area contributed by atoms with E-state index in [-0.39, 0.29) is 30.7 Å². The topological polar surface area (TPSA) is 113 Å². The van der Waals surface area contributed by atoms with Crippen LogP contribution in [0.4, 0.5) is 16.2 Å².